The van der Waals surface area contributed by atoms with Crippen molar-refractivity contribution in [3.8, 4) is 0 Å². The summed E-state index contributed by atoms with van der Waals surface area (Å²) in [6.07, 6.45) is 2.23. The number of hydrogen-bond acceptors (Lipinski definition) is 4. The first kappa shape index (κ1) is 15.1. The van der Waals surface area contributed by atoms with Crippen LogP contribution in [-0.2, 0) is 17.7 Å². The number of nitrogens with zero attached hydrogens (tertiary/aromatic N) is 2. The normalized spacial score (nSPS) is 10.6. The summed E-state index contributed by atoms with van der Waals surface area (Å²) in [6.45, 7) is 3.10. The fourth-order valence-electron chi connectivity index (χ4n) is 2.14. The lowest BCUT2D eigenvalue weighted by Crippen LogP contribution is -2.19. The summed E-state index contributed by atoms with van der Waals surface area (Å²) in [4.78, 5) is 12.4. The van der Waals surface area contributed by atoms with Gasteiger partial charge in [0.1, 0.15) is 5.69 Å². The second-order valence-corrected chi connectivity index (χ2v) is 4.62. The maximum atomic E-state index is 12.4. The maximum Gasteiger partial charge on any atom is 0.276 e. The predicted octanol–water partition coefficient (Wildman–Crippen LogP) is 1.93. The number of nitrogens with one attached hydrogen (secondary N) is 1. The van der Waals surface area contributed by atoms with Crippen LogP contribution in [0.15, 0.2) is 30.5 Å². The number of benzene rings is 1. The number of aryl methyl sites for hydroxylation is 1. The standard InChI is InChI=1S/C15H20N4O2/c1-3-19-14(12(16)10-17-19)15(20)18-13-7-5-4-6-11(13)8-9-21-2/h4-7,10H,3,8-9,16H2,1-2H3,(H,18,20). The third-order valence-corrected chi connectivity index (χ3v) is 3.22. The van der Waals surface area contributed by atoms with Crippen molar-refractivity contribution in [3.05, 3.63) is 41.7 Å². The molecule has 0 radical (unpaired) electrons. The van der Waals surface area contributed by atoms with Crippen molar-refractivity contribution in [3.63, 3.8) is 0 Å². The third kappa shape index (κ3) is 3.41. The second-order valence-electron chi connectivity index (χ2n) is 4.62. The van der Waals surface area contributed by atoms with Crippen LogP contribution in [0.2, 0.25) is 0 Å². The second kappa shape index (κ2) is 6.90. The Morgan fingerprint density at radius 3 is 2.90 bits per heavy atom. The van der Waals surface area contributed by atoms with Crippen molar-refractivity contribution in [2.75, 3.05) is 24.8 Å². The Kier molecular flexibility index (Phi) is 4.94. The molecule has 2 rings (SSSR count). The van der Waals surface area contributed by atoms with E-state index in [-0.39, 0.29) is 5.91 Å². The highest BCUT2D eigenvalue weighted by atomic mass is 16.5. The number of amides is 1. The maximum absolute atomic E-state index is 12.4. The SMILES string of the molecule is CCn1ncc(N)c1C(=O)Nc1ccccc1CCOC. The van der Waals surface area contributed by atoms with E-state index in [9.17, 15) is 4.79 Å². The molecule has 21 heavy (non-hydrogen) atoms. The molecule has 0 fully saturated rings. The number of ether oxygens (including phenoxy) is 1. The molecule has 1 amide bonds. The first-order valence-electron chi connectivity index (χ1n) is 6.86. The zero-order chi connectivity index (χ0) is 15.2. The summed E-state index contributed by atoms with van der Waals surface area (Å²) >= 11 is 0. The minimum absolute atomic E-state index is 0.253. The van der Waals surface area contributed by atoms with Crippen molar-refractivity contribution in [1.82, 2.24) is 9.78 Å². The molecule has 6 nitrogen and oxygen atoms in total. The Hall–Kier alpha value is -2.34. The molecule has 0 bridgehead atoms. The Bertz CT molecular complexity index is 622. The van der Waals surface area contributed by atoms with E-state index in [4.69, 9.17) is 10.5 Å². The van der Waals surface area contributed by atoms with Gasteiger partial charge in [0.15, 0.2) is 0 Å². The molecule has 0 saturated carbocycles. The number of rotatable bonds is 6. The number of para-hydroxylation sites is 1. The van der Waals surface area contributed by atoms with Crippen LogP contribution in [0.4, 0.5) is 11.4 Å². The quantitative estimate of drug-likeness (QED) is 0.851. The van der Waals surface area contributed by atoms with E-state index in [2.05, 4.69) is 10.4 Å². The topological polar surface area (TPSA) is 82.2 Å². The first-order valence-corrected chi connectivity index (χ1v) is 6.86. The minimum Gasteiger partial charge on any atom is -0.396 e. The Balaban J connectivity index is 2.21. The van der Waals surface area contributed by atoms with Gasteiger partial charge in [-0.05, 0) is 25.0 Å². The summed E-state index contributed by atoms with van der Waals surface area (Å²) in [5, 5.41) is 6.98. The van der Waals surface area contributed by atoms with E-state index in [1.54, 1.807) is 11.8 Å². The van der Waals surface area contributed by atoms with Crippen LogP contribution in [0.5, 0.6) is 0 Å². The number of hydrogen-bond donors (Lipinski definition) is 2. The van der Waals surface area contributed by atoms with E-state index in [1.165, 1.54) is 6.20 Å². The lowest BCUT2D eigenvalue weighted by molar-refractivity contribution is 0.101. The molecule has 2 aromatic rings. The molecule has 0 spiro atoms. The number of methoxy groups -OCH3 is 1. The van der Waals surface area contributed by atoms with Gasteiger partial charge in [0.05, 0.1) is 18.5 Å². The van der Waals surface area contributed by atoms with Crippen molar-refractivity contribution in [2.24, 2.45) is 0 Å². The van der Waals surface area contributed by atoms with Crippen LogP contribution in [0.3, 0.4) is 0 Å². The number of nitrogen functional groups attached to an aromatic ring is 1. The summed E-state index contributed by atoms with van der Waals surface area (Å²) in [7, 11) is 1.65. The lowest BCUT2D eigenvalue weighted by atomic mass is 10.1. The van der Waals surface area contributed by atoms with Gasteiger partial charge in [-0.15, -0.1) is 0 Å². The number of nitrogens with two attached hydrogens (primary N) is 1. The molecule has 1 heterocycles. The molecule has 0 aliphatic rings. The van der Waals surface area contributed by atoms with Crippen LogP contribution >= 0.6 is 0 Å². The van der Waals surface area contributed by atoms with E-state index < -0.39 is 0 Å². The van der Waals surface area contributed by atoms with Gasteiger partial charge in [0.25, 0.3) is 5.91 Å². The minimum atomic E-state index is -0.253. The van der Waals surface area contributed by atoms with Crippen LogP contribution in [0.25, 0.3) is 0 Å². The zero-order valence-corrected chi connectivity index (χ0v) is 12.3. The molecule has 0 aliphatic carbocycles. The van der Waals surface area contributed by atoms with Gasteiger partial charge in [-0.3, -0.25) is 9.48 Å². The average molecular weight is 288 g/mol. The Labute approximate surface area is 123 Å². The molecule has 1 aromatic carbocycles. The van der Waals surface area contributed by atoms with Gasteiger partial charge in [0, 0.05) is 19.3 Å². The van der Waals surface area contributed by atoms with Crippen molar-refractivity contribution in [1.29, 1.82) is 0 Å². The highest BCUT2D eigenvalue weighted by Crippen LogP contribution is 2.19. The van der Waals surface area contributed by atoms with Gasteiger partial charge in [-0.2, -0.15) is 5.10 Å². The number of carbonyl (C=O) groups is 1. The van der Waals surface area contributed by atoms with Crippen molar-refractivity contribution < 1.29 is 9.53 Å². The van der Waals surface area contributed by atoms with E-state index in [1.807, 2.05) is 31.2 Å². The third-order valence-electron chi connectivity index (χ3n) is 3.22. The molecular weight excluding hydrogens is 268 g/mol. The molecule has 0 aliphatic heterocycles. The molecule has 0 atom stereocenters. The van der Waals surface area contributed by atoms with Gasteiger partial charge >= 0.3 is 0 Å². The molecule has 6 heteroatoms. The van der Waals surface area contributed by atoms with E-state index in [0.717, 1.165) is 17.7 Å². The van der Waals surface area contributed by atoms with Gasteiger partial charge in [0.2, 0.25) is 0 Å². The molecule has 1 aromatic heterocycles. The highest BCUT2D eigenvalue weighted by Gasteiger charge is 2.17. The van der Waals surface area contributed by atoms with Crippen molar-refractivity contribution >= 4 is 17.3 Å². The zero-order valence-electron chi connectivity index (χ0n) is 12.3. The number of aromatic nitrogens is 2. The Morgan fingerprint density at radius 2 is 2.19 bits per heavy atom. The summed E-state index contributed by atoms with van der Waals surface area (Å²) in [5.74, 6) is -0.253. The lowest BCUT2D eigenvalue weighted by Gasteiger charge is -2.12. The van der Waals surface area contributed by atoms with Gasteiger partial charge in [-0.25, -0.2) is 0 Å². The van der Waals surface area contributed by atoms with Crippen LogP contribution in [0.1, 0.15) is 23.0 Å². The number of carbonyl (C=O) groups excluding carboxylic acids is 1. The Morgan fingerprint density at radius 1 is 1.43 bits per heavy atom. The molecule has 0 unspecified atom stereocenters. The molecule has 3 N–H and O–H groups in total. The average Bonchev–Trinajstić information content (AvgIpc) is 2.87. The van der Waals surface area contributed by atoms with E-state index >= 15 is 0 Å². The van der Waals surface area contributed by atoms with Crippen molar-refractivity contribution in [2.45, 2.75) is 19.9 Å². The monoisotopic (exact) mass is 288 g/mol. The summed E-state index contributed by atoms with van der Waals surface area (Å²) in [5.41, 5.74) is 8.38. The molecule has 0 saturated heterocycles. The van der Waals surface area contributed by atoms with Crippen LogP contribution in [0, 0.1) is 0 Å². The van der Waals surface area contributed by atoms with E-state index in [0.29, 0.717) is 24.5 Å². The van der Waals surface area contributed by atoms with Gasteiger partial charge in [-0.1, -0.05) is 18.2 Å². The highest BCUT2D eigenvalue weighted by molar-refractivity contribution is 6.06. The molecule has 112 valence electrons. The largest absolute Gasteiger partial charge is 0.396 e. The predicted molar refractivity (Wildman–Crippen MR) is 82.3 cm³/mol. The summed E-state index contributed by atoms with van der Waals surface area (Å²) < 4.78 is 6.67. The fourth-order valence-corrected chi connectivity index (χ4v) is 2.14. The fraction of sp³-hybridized carbons (Fsp3) is 0.333. The summed E-state index contributed by atoms with van der Waals surface area (Å²) in [6, 6.07) is 7.65. The smallest absolute Gasteiger partial charge is 0.276 e. The van der Waals surface area contributed by atoms with Crippen LogP contribution in [-0.4, -0.2) is 29.4 Å². The molecular formula is C15H20N4O2. The number of anilines is 2. The van der Waals surface area contributed by atoms with Gasteiger partial charge < -0.3 is 15.8 Å². The first-order chi connectivity index (χ1) is 10.2. The van der Waals surface area contributed by atoms with Crippen LogP contribution < -0.4 is 11.1 Å².